The van der Waals surface area contributed by atoms with Crippen molar-refractivity contribution in [2.24, 2.45) is 10.2 Å². The van der Waals surface area contributed by atoms with Gasteiger partial charge in [-0.15, -0.1) is 27.6 Å². The third-order valence-electron chi connectivity index (χ3n) is 4.58. The molecule has 0 atom stereocenters. The summed E-state index contributed by atoms with van der Waals surface area (Å²) in [5, 5.41) is 5.07. The van der Waals surface area contributed by atoms with Crippen molar-refractivity contribution >= 4 is 40.3 Å². The summed E-state index contributed by atoms with van der Waals surface area (Å²) in [5.74, 6) is 0. The first-order chi connectivity index (χ1) is 13.3. The lowest BCUT2D eigenvalue weighted by Gasteiger charge is -2.34. The van der Waals surface area contributed by atoms with E-state index < -0.39 is 0 Å². The Morgan fingerprint density at radius 1 is 0.963 bits per heavy atom. The Balaban J connectivity index is 1.37. The number of hydrogen-bond acceptors (Lipinski definition) is 7. The van der Waals surface area contributed by atoms with E-state index in [0.29, 0.717) is 6.67 Å². The van der Waals surface area contributed by atoms with Crippen LogP contribution in [-0.4, -0.2) is 44.0 Å². The van der Waals surface area contributed by atoms with Crippen molar-refractivity contribution in [1.29, 1.82) is 0 Å². The van der Waals surface area contributed by atoms with Crippen LogP contribution < -0.4 is 4.90 Å². The summed E-state index contributed by atoms with van der Waals surface area (Å²) >= 11 is 3.52. The molecule has 1 aliphatic rings. The van der Waals surface area contributed by atoms with Gasteiger partial charge < -0.3 is 4.90 Å². The van der Waals surface area contributed by atoms with Crippen LogP contribution in [0.25, 0.3) is 9.75 Å². The molecule has 4 rings (SSSR count). The number of anilines is 1. The Morgan fingerprint density at radius 2 is 1.78 bits per heavy atom. The van der Waals surface area contributed by atoms with E-state index in [4.69, 9.17) is 0 Å². The zero-order valence-corrected chi connectivity index (χ0v) is 16.5. The van der Waals surface area contributed by atoms with Gasteiger partial charge >= 0.3 is 0 Å². The minimum absolute atomic E-state index is 0.290. The molecule has 3 aromatic rings. The van der Waals surface area contributed by atoms with Gasteiger partial charge in [0.2, 0.25) is 0 Å². The van der Waals surface area contributed by atoms with E-state index in [1.165, 1.54) is 15.4 Å². The molecule has 0 amide bonds. The topological polar surface area (TPSA) is 48.3 Å². The van der Waals surface area contributed by atoms with Gasteiger partial charge in [-0.05, 0) is 47.8 Å². The highest BCUT2D eigenvalue weighted by Gasteiger charge is 2.16. The van der Waals surface area contributed by atoms with E-state index in [2.05, 4.69) is 73.9 Å². The van der Waals surface area contributed by atoms with Crippen molar-refractivity contribution in [3.8, 4) is 9.75 Å². The average Bonchev–Trinajstić information content (AvgIpc) is 3.39. The highest BCUT2D eigenvalue weighted by atomic mass is 32.1. The third kappa shape index (κ3) is 4.50. The molecular formula is C20H20N4OS2. The summed E-state index contributed by atoms with van der Waals surface area (Å²) in [4.78, 5) is 23.1. The number of piperazine rings is 1. The highest BCUT2D eigenvalue weighted by Crippen LogP contribution is 2.31. The van der Waals surface area contributed by atoms with Crippen molar-refractivity contribution < 1.29 is 0 Å². The molecule has 1 saturated heterocycles. The van der Waals surface area contributed by atoms with Crippen LogP contribution >= 0.6 is 22.7 Å². The fraction of sp³-hybridized carbons (Fsp3) is 0.250. The Labute approximate surface area is 166 Å². The molecule has 1 fully saturated rings. The van der Waals surface area contributed by atoms with Gasteiger partial charge in [0.25, 0.3) is 0 Å². The fourth-order valence-corrected chi connectivity index (χ4v) is 4.80. The van der Waals surface area contributed by atoms with E-state index in [9.17, 15) is 4.91 Å². The van der Waals surface area contributed by atoms with Crippen molar-refractivity contribution in [3.63, 3.8) is 0 Å². The average molecular weight is 397 g/mol. The predicted molar refractivity (Wildman–Crippen MR) is 116 cm³/mol. The van der Waals surface area contributed by atoms with Crippen LogP contribution in [0.4, 0.5) is 11.4 Å². The first-order valence-electron chi connectivity index (χ1n) is 8.86. The predicted octanol–water partition coefficient (Wildman–Crippen LogP) is 5.07. The van der Waals surface area contributed by atoms with Crippen LogP contribution in [0.5, 0.6) is 0 Å². The molecular weight excluding hydrogens is 376 g/mol. The van der Waals surface area contributed by atoms with Crippen molar-refractivity contribution in [1.82, 2.24) is 4.90 Å². The lowest BCUT2D eigenvalue weighted by Crippen LogP contribution is -2.46. The van der Waals surface area contributed by atoms with Gasteiger partial charge in [0.15, 0.2) is 0 Å². The van der Waals surface area contributed by atoms with Gasteiger partial charge in [0.1, 0.15) is 6.67 Å². The largest absolute Gasteiger partial charge is 0.369 e. The second kappa shape index (κ2) is 8.56. The number of rotatable bonds is 6. The molecule has 0 unspecified atom stereocenters. The van der Waals surface area contributed by atoms with Gasteiger partial charge in [-0.25, -0.2) is 0 Å². The minimum Gasteiger partial charge on any atom is -0.369 e. The molecule has 0 spiro atoms. The lowest BCUT2D eigenvalue weighted by molar-refractivity contribution is 0.265. The number of hydrogen-bond donors (Lipinski definition) is 0. The first kappa shape index (κ1) is 18.0. The van der Waals surface area contributed by atoms with Gasteiger partial charge in [0.05, 0.1) is 5.69 Å². The van der Waals surface area contributed by atoms with Crippen molar-refractivity contribution in [2.45, 2.75) is 0 Å². The lowest BCUT2D eigenvalue weighted by atomic mass is 10.2. The van der Waals surface area contributed by atoms with Gasteiger partial charge in [0, 0.05) is 52.7 Å². The molecule has 5 nitrogen and oxygen atoms in total. The summed E-state index contributed by atoms with van der Waals surface area (Å²) < 4.78 is 0. The zero-order chi connectivity index (χ0) is 18.5. The molecule has 27 heavy (non-hydrogen) atoms. The maximum atomic E-state index is 10.4. The molecule has 3 heterocycles. The highest BCUT2D eigenvalue weighted by molar-refractivity contribution is 7.22. The summed E-state index contributed by atoms with van der Waals surface area (Å²) in [5.41, 5.74) is 2.15. The number of thiophene rings is 2. The Morgan fingerprint density at radius 3 is 2.48 bits per heavy atom. The quantitative estimate of drug-likeness (QED) is 0.431. The Bertz CT molecular complexity index is 894. The maximum Gasteiger partial charge on any atom is 0.134 e. The summed E-state index contributed by atoms with van der Waals surface area (Å²) in [6, 6.07) is 16.8. The Hall–Kier alpha value is -2.35. The minimum atomic E-state index is 0.290. The first-order valence-corrected chi connectivity index (χ1v) is 10.6. The maximum absolute atomic E-state index is 10.4. The number of nitroso groups, excluding NO2 is 1. The normalized spacial score (nSPS) is 15.5. The summed E-state index contributed by atoms with van der Waals surface area (Å²) in [6.07, 6.45) is 1.93. The third-order valence-corrected chi connectivity index (χ3v) is 6.66. The number of benzene rings is 1. The van der Waals surface area contributed by atoms with Crippen LogP contribution in [0.3, 0.4) is 0 Å². The number of aliphatic imine (C=N–C) groups is 1. The van der Waals surface area contributed by atoms with E-state index in [0.717, 1.165) is 36.7 Å². The Kier molecular flexibility index (Phi) is 5.72. The molecule has 7 heteroatoms. The second-order valence-electron chi connectivity index (χ2n) is 6.33. The van der Waals surface area contributed by atoms with E-state index >= 15 is 0 Å². The monoisotopic (exact) mass is 396 g/mol. The second-order valence-corrected chi connectivity index (χ2v) is 8.39. The van der Waals surface area contributed by atoms with Crippen LogP contribution in [-0.2, 0) is 0 Å². The molecule has 0 radical (unpaired) electrons. The molecule has 1 aliphatic heterocycles. The number of nitrogens with zero attached hydrogens (tertiary/aromatic N) is 4. The van der Waals surface area contributed by atoms with Crippen molar-refractivity contribution in [2.75, 3.05) is 37.7 Å². The van der Waals surface area contributed by atoms with E-state index in [1.54, 1.807) is 22.7 Å². The van der Waals surface area contributed by atoms with Gasteiger partial charge in [-0.1, -0.05) is 11.2 Å². The van der Waals surface area contributed by atoms with Crippen LogP contribution in [0.2, 0.25) is 0 Å². The molecule has 138 valence electrons. The van der Waals surface area contributed by atoms with E-state index in [-0.39, 0.29) is 0 Å². The molecule has 0 N–H and O–H groups in total. The van der Waals surface area contributed by atoms with Crippen molar-refractivity contribution in [3.05, 3.63) is 63.7 Å². The fourth-order valence-electron chi connectivity index (χ4n) is 3.09. The van der Waals surface area contributed by atoms with Gasteiger partial charge in [-0.2, -0.15) is 0 Å². The standard InChI is InChI=1S/C20H20N4OS2/c25-22-15-23-9-11-24(12-10-23)17-5-3-16(4-6-17)21-14-18-7-8-20(27-18)19-2-1-13-26-19/h1-8,13-14H,9-12,15H2/b21-14+. The molecule has 0 bridgehead atoms. The molecule has 0 aliphatic carbocycles. The molecule has 0 saturated carbocycles. The molecule has 1 aromatic carbocycles. The molecule has 2 aromatic heterocycles. The zero-order valence-electron chi connectivity index (χ0n) is 14.8. The van der Waals surface area contributed by atoms with Crippen LogP contribution in [0, 0.1) is 4.91 Å². The van der Waals surface area contributed by atoms with Crippen LogP contribution in [0.15, 0.2) is 64.1 Å². The van der Waals surface area contributed by atoms with E-state index in [1.807, 2.05) is 6.21 Å². The summed E-state index contributed by atoms with van der Waals surface area (Å²) in [7, 11) is 0. The van der Waals surface area contributed by atoms with Crippen LogP contribution in [0.1, 0.15) is 4.88 Å². The summed E-state index contributed by atoms with van der Waals surface area (Å²) in [6.45, 7) is 3.86. The smallest absolute Gasteiger partial charge is 0.134 e. The SMILES string of the molecule is O=NCN1CCN(c2ccc(/N=C/c3ccc(-c4cccs4)s3)cc2)CC1. The van der Waals surface area contributed by atoms with Gasteiger partial charge in [-0.3, -0.25) is 9.89 Å².